The summed E-state index contributed by atoms with van der Waals surface area (Å²) in [6.07, 6.45) is 1.38. The number of piperidine rings is 1. The van der Waals surface area contributed by atoms with Gasteiger partial charge in [-0.2, -0.15) is 4.31 Å². The lowest BCUT2D eigenvalue weighted by atomic mass is 9.96. The highest BCUT2D eigenvalue weighted by atomic mass is 32.2. The summed E-state index contributed by atoms with van der Waals surface area (Å²) in [4.78, 5) is 0. The Morgan fingerprint density at radius 2 is 1.90 bits per heavy atom. The van der Waals surface area contributed by atoms with Crippen LogP contribution in [0, 0.1) is 17.6 Å². The summed E-state index contributed by atoms with van der Waals surface area (Å²) >= 11 is 0. The number of halogens is 2. The molecule has 7 heteroatoms. The monoisotopic (exact) mass is 319 g/mol. The van der Waals surface area contributed by atoms with Gasteiger partial charge >= 0.3 is 0 Å². The molecule has 1 fully saturated rings. The Morgan fingerprint density at radius 3 is 2.48 bits per heavy atom. The van der Waals surface area contributed by atoms with Crippen LogP contribution in [0.25, 0.3) is 0 Å². The van der Waals surface area contributed by atoms with Gasteiger partial charge < -0.3 is 5.11 Å². The smallest absolute Gasteiger partial charge is 0.218 e. The van der Waals surface area contributed by atoms with Crippen molar-refractivity contribution in [3.8, 4) is 0 Å². The number of hydrogen-bond acceptors (Lipinski definition) is 3. The Morgan fingerprint density at radius 1 is 1.29 bits per heavy atom. The molecule has 4 nitrogen and oxygen atoms in total. The minimum atomic E-state index is -3.83. The van der Waals surface area contributed by atoms with Crippen LogP contribution in [0.3, 0.4) is 0 Å². The van der Waals surface area contributed by atoms with E-state index in [4.69, 9.17) is 0 Å². The lowest BCUT2D eigenvalue weighted by Gasteiger charge is -2.36. The van der Waals surface area contributed by atoms with E-state index in [2.05, 4.69) is 0 Å². The maximum absolute atomic E-state index is 13.6. The number of hydrogen-bond donors (Lipinski definition) is 1. The SMILES string of the molecule is CC1CCC(CO)CN1S(=O)(=O)Cc1c(F)cccc1F. The summed E-state index contributed by atoms with van der Waals surface area (Å²) in [5.41, 5.74) is -0.434. The average Bonchev–Trinajstić information content (AvgIpc) is 2.43. The van der Waals surface area contributed by atoms with Crippen molar-refractivity contribution in [3.63, 3.8) is 0 Å². The van der Waals surface area contributed by atoms with E-state index in [0.29, 0.717) is 6.42 Å². The van der Waals surface area contributed by atoms with Gasteiger partial charge in [-0.05, 0) is 37.8 Å². The van der Waals surface area contributed by atoms with Gasteiger partial charge in [-0.25, -0.2) is 17.2 Å². The first-order chi connectivity index (χ1) is 9.85. The standard InChI is InChI=1S/C14H19F2NO3S/c1-10-5-6-11(8-18)7-17(10)21(19,20)9-12-13(15)3-2-4-14(12)16/h2-4,10-11,18H,5-9H2,1H3. The molecule has 2 atom stereocenters. The molecule has 0 aliphatic carbocycles. The number of aliphatic hydroxyl groups excluding tert-OH is 1. The van der Waals surface area contributed by atoms with Gasteiger partial charge in [-0.15, -0.1) is 0 Å². The minimum absolute atomic E-state index is 0.0905. The van der Waals surface area contributed by atoms with Crippen molar-refractivity contribution in [2.75, 3.05) is 13.2 Å². The van der Waals surface area contributed by atoms with Crippen LogP contribution in [0.2, 0.25) is 0 Å². The molecule has 0 aromatic heterocycles. The molecule has 0 saturated carbocycles. The topological polar surface area (TPSA) is 57.6 Å². The molecule has 0 spiro atoms. The van der Waals surface area contributed by atoms with Gasteiger partial charge in [-0.3, -0.25) is 0 Å². The summed E-state index contributed by atoms with van der Waals surface area (Å²) in [7, 11) is -3.83. The van der Waals surface area contributed by atoms with Gasteiger partial charge in [0.05, 0.1) is 5.75 Å². The van der Waals surface area contributed by atoms with Gasteiger partial charge in [-0.1, -0.05) is 6.07 Å². The van der Waals surface area contributed by atoms with Gasteiger partial charge in [0, 0.05) is 24.8 Å². The van der Waals surface area contributed by atoms with E-state index in [1.54, 1.807) is 6.92 Å². The van der Waals surface area contributed by atoms with Crippen molar-refractivity contribution in [1.82, 2.24) is 4.31 Å². The van der Waals surface area contributed by atoms with Crippen molar-refractivity contribution >= 4 is 10.0 Å². The van der Waals surface area contributed by atoms with Crippen LogP contribution in [0.15, 0.2) is 18.2 Å². The van der Waals surface area contributed by atoms with Crippen molar-refractivity contribution < 1.29 is 22.3 Å². The van der Waals surface area contributed by atoms with Crippen LogP contribution in [0.5, 0.6) is 0 Å². The zero-order chi connectivity index (χ0) is 15.6. The van der Waals surface area contributed by atoms with Crippen LogP contribution in [0.1, 0.15) is 25.3 Å². The third-order valence-electron chi connectivity index (χ3n) is 3.93. The highest BCUT2D eigenvalue weighted by molar-refractivity contribution is 7.88. The third kappa shape index (κ3) is 3.59. The molecule has 2 unspecified atom stereocenters. The maximum atomic E-state index is 13.6. The van der Waals surface area contributed by atoms with Crippen LogP contribution >= 0.6 is 0 Å². The van der Waals surface area contributed by atoms with Gasteiger partial charge in [0.15, 0.2) is 0 Å². The van der Waals surface area contributed by atoms with E-state index in [0.717, 1.165) is 18.6 Å². The molecule has 0 bridgehead atoms. The second-order valence-corrected chi connectivity index (χ2v) is 7.42. The molecule has 1 N–H and O–H groups in total. The first kappa shape index (κ1) is 16.3. The summed E-state index contributed by atoms with van der Waals surface area (Å²) in [5, 5.41) is 9.20. The zero-order valence-electron chi connectivity index (χ0n) is 11.8. The van der Waals surface area contributed by atoms with Crippen LogP contribution < -0.4 is 0 Å². The molecule has 1 aliphatic rings. The quantitative estimate of drug-likeness (QED) is 0.922. The summed E-state index contributed by atoms with van der Waals surface area (Å²) in [6, 6.07) is 3.06. The molecule has 1 aromatic rings. The van der Waals surface area contributed by atoms with Crippen molar-refractivity contribution in [2.45, 2.75) is 31.6 Å². The van der Waals surface area contributed by atoms with Crippen LogP contribution in [-0.2, 0) is 15.8 Å². The number of aliphatic hydroxyl groups is 1. The fourth-order valence-corrected chi connectivity index (χ4v) is 4.52. The van der Waals surface area contributed by atoms with E-state index in [-0.39, 0.29) is 25.1 Å². The largest absolute Gasteiger partial charge is 0.396 e. The second-order valence-electron chi connectivity index (χ2n) is 5.50. The molecule has 1 aliphatic heterocycles. The molecule has 1 aromatic carbocycles. The first-order valence-electron chi connectivity index (χ1n) is 6.88. The molecule has 0 amide bonds. The second kappa shape index (κ2) is 6.37. The fraction of sp³-hybridized carbons (Fsp3) is 0.571. The van der Waals surface area contributed by atoms with E-state index in [1.165, 1.54) is 10.4 Å². The Labute approximate surface area is 123 Å². The Hall–Kier alpha value is -1.05. The molecular formula is C14H19F2NO3S. The number of benzene rings is 1. The Kier molecular flexibility index (Phi) is 4.95. The third-order valence-corrected chi connectivity index (χ3v) is 5.80. The molecule has 1 saturated heterocycles. The summed E-state index contributed by atoms with van der Waals surface area (Å²) < 4.78 is 53.4. The Bertz CT molecular complexity index is 586. The Balaban J connectivity index is 2.25. The first-order valence-corrected chi connectivity index (χ1v) is 8.49. The van der Waals surface area contributed by atoms with Crippen LogP contribution in [0.4, 0.5) is 8.78 Å². The van der Waals surface area contributed by atoms with Gasteiger partial charge in [0.25, 0.3) is 0 Å². The lowest BCUT2D eigenvalue weighted by molar-refractivity contribution is 0.139. The van der Waals surface area contributed by atoms with E-state index in [1.807, 2.05) is 0 Å². The highest BCUT2D eigenvalue weighted by Gasteiger charge is 2.34. The minimum Gasteiger partial charge on any atom is -0.396 e. The number of sulfonamides is 1. The molecule has 21 heavy (non-hydrogen) atoms. The molecular weight excluding hydrogens is 300 g/mol. The van der Waals surface area contributed by atoms with E-state index >= 15 is 0 Å². The lowest BCUT2D eigenvalue weighted by Crippen LogP contribution is -2.46. The molecule has 1 heterocycles. The molecule has 2 rings (SSSR count). The molecule has 118 valence electrons. The van der Waals surface area contributed by atoms with Gasteiger partial charge in [0.2, 0.25) is 10.0 Å². The highest BCUT2D eigenvalue weighted by Crippen LogP contribution is 2.27. The zero-order valence-corrected chi connectivity index (χ0v) is 12.6. The predicted octanol–water partition coefficient (Wildman–Crippen LogP) is 1.89. The van der Waals surface area contributed by atoms with E-state index in [9.17, 15) is 22.3 Å². The van der Waals surface area contributed by atoms with Crippen molar-refractivity contribution in [3.05, 3.63) is 35.4 Å². The van der Waals surface area contributed by atoms with E-state index < -0.39 is 33.0 Å². The molecule has 0 radical (unpaired) electrons. The number of nitrogens with zero attached hydrogens (tertiary/aromatic N) is 1. The maximum Gasteiger partial charge on any atom is 0.218 e. The average molecular weight is 319 g/mol. The normalized spacial score (nSPS) is 24.2. The summed E-state index contributed by atoms with van der Waals surface area (Å²) in [6.45, 7) is 1.87. The summed E-state index contributed by atoms with van der Waals surface area (Å²) in [5.74, 6) is -2.54. The number of rotatable bonds is 4. The van der Waals surface area contributed by atoms with Crippen molar-refractivity contribution in [2.24, 2.45) is 5.92 Å². The fourth-order valence-electron chi connectivity index (χ4n) is 2.62. The van der Waals surface area contributed by atoms with Crippen molar-refractivity contribution in [1.29, 1.82) is 0 Å². The van der Waals surface area contributed by atoms with Crippen LogP contribution in [-0.4, -0.2) is 37.0 Å². The predicted molar refractivity (Wildman–Crippen MR) is 75.0 cm³/mol. The van der Waals surface area contributed by atoms with Gasteiger partial charge in [0.1, 0.15) is 11.6 Å².